The first kappa shape index (κ1) is 43.9. The standard InChI is InChI=1S/C43H53NO15/c1-22-26(56-35(51)32(48)30(24-15-11-9-12-16-24)44-37(52)59-38(3,4)5)20-41(53)36(57-34(50)25-17-13-10-14-18-25)40(8)42(58-23(2)45)21-55-28(42)19-27(46)43(40,54)33(49)31(47)29(22)39(41,6)7/h9-18,26-28,30-32,36,46-48,53-54H,19-21H2,1-8H3,(H,44,52)/t26-,27-,28+,30+,31+,32+,36-,40+,41+,42-,43+/m0/s1. The van der Waals surface area contributed by atoms with Crippen LogP contribution in [0.15, 0.2) is 71.8 Å². The number of hydrogen-bond acceptors (Lipinski definition) is 15. The van der Waals surface area contributed by atoms with E-state index in [0.717, 1.165) is 6.92 Å². The van der Waals surface area contributed by atoms with E-state index in [9.17, 15) is 49.5 Å². The first-order valence-electron chi connectivity index (χ1n) is 19.4. The maximum Gasteiger partial charge on any atom is 0.408 e. The second-order valence-corrected chi connectivity index (χ2v) is 17.7. The van der Waals surface area contributed by atoms with Crippen LogP contribution in [0.2, 0.25) is 0 Å². The molecule has 320 valence electrons. The van der Waals surface area contributed by atoms with Crippen molar-refractivity contribution in [1.82, 2.24) is 5.32 Å². The zero-order chi connectivity index (χ0) is 43.7. The molecule has 2 bridgehead atoms. The highest BCUT2D eigenvalue weighted by atomic mass is 16.6. The van der Waals surface area contributed by atoms with Crippen molar-refractivity contribution in [3.8, 4) is 0 Å². The van der Waals surface area contributed by atoms with E-state index in [4.69, 9.17) is 23.7 Å². The van der Waals surface area contributed by atoms with Gasteiger partial charge in [-0.1, -0.05) is 62.4 Å². The molecule has 11 atom stereocenters. The molecule has 16 heteroatoms. The van der Waals surface area contributed by atoms with E-state index in [0.29, 0.717) is 5.56 Å². The molecule has 1 amide bonds. The SMILES string of the molecule is CC(=O)O[C@@]12CO[C@@H]1C[C@H](O)[C@@]1(O)C(=O)[C@H](O)C3=C(C)[C@@H](OC(=O)[C@H](O)[C@H](NC(=O)OC(C)(C)C)c4ccccc4)C[C@@](O)([C@@H](OC(=O)c4ccccc4)[C@]21C)C3(C)C. The fourth-order valence-corrected chi connectivity index (χ4v) is 9.72. The average Bonchev–Trinajstić information content (AvgIpc) is 3.16. The number of ketones is 1. The molecule has 3 aliphatic carbocycles. The van der Waals surface area contributed by atoms with Crippen LogP contribution in [0.5, 0.6) is 0 Å². The van der Waals surface area contributed by atoms with Crippen molar-refractivity contribution >= 4 is 29.8 Å². The van der Waals surface area contributed by atoms with Gasteiger partial charge in [-0.05, 0) is 63.5 Å². The largest absolute Gasteiger partial charge is 0.456 e. The summed E-state index contributed by atoms with van der Waals surface area (Å²) in [6.07, 6.45) is -13.3. The summed E-state index contributed by atoms with van der Waals surface area (Å²) in [7, 11) is 0. The number of Topliss-reactive ketones (excluding diaryl/α,β-unsaturated/α-hetero) is 1. The smallest absolute Gasteiger partial charge is 0.408 e. The zero-order valence-electron chi connectivity index (χ0n) is 34.3. The fraction of sp³-hybridized carbons (Fsp3) is 0.558. The Morgan fingerprint density at radius 1 is 0.932 bits per heavy atom. The fourth-order valence-electron chi connectivity index (χ4n) is 9.72. The zero-order valence-corrected chi connectivity index (χ0v) is 34.3. The Morgan fingerprint density at radius 3 is 2.07 bits per heavy atom. The van der Waals surface area contributed by atoms with Crippen molar-refractivity contribution in [1.29, 1.82) is 0 Å². The van der Waals surface area contributed by atoms with Crippen molar-refractivity contribution in [2.24, 2.45) is 10.8 Å². The minimum absolute atomic E-state index is 0.00735. The minimum atomic E-state index is -3.07. The van der Waals surface area contributed by atoms with Crippen LogP contribution in [0, 0.1) is 10.8 Å². The Bertz CT molecular complexity index is 2030. The number of benzene rings is 2. The summed E-state index contributed by atoms with van der Waals surface area (Å²) in [6, 6.07) is 14.2. The van der Waals surface area contributed by atoms with E-state index in [-0.39, 0.29) is 16.7 Å². The molecule has 3 fully saturated rings. The molecular weight excluding hydrogens is 770 g/mol. The highest BCUT2D eigenvalue weighted by molar-refractivity contribution is 5.97. The summed E-state index contributed by atoms with van der Waals surface area (Å²) >= 11 is 0. The number of aliphatic hydroxyl groups excluding tert-OH is 3. The summed E-state index contributed by atoms with van der Waals surface area (Å²) < 4.78 is 29.3. The van der Waals surface area contributed by atoms with Crippen LogP contribution < -0.4 is 5.32 Å². The van der Waals surface area contributed by atoms with Gasteiger partial charge in [0.1, 0.15) is 35.6 Å². The lowest BCUT2D eigenvalue weighted by molar-refractivity contribution is -0.391. The van der Waals surface area contributed by atoms with Crippen molar-refractivity contribution < 1.29 is 73.2 Å². The Morgan fingerprint density at radius 2 is 1.53 bits per heavy atom. The van der Waals surface area contributed by atoms with Gasteiger partial charge in [0.05, 0.1) is 29.7 Å². The van der Waals surface area contributed by atoms with Gasteiger partial charge in [0, 0.05) is 25.2 Å². The Balaban J connectivity index is 1.52. The van der Waals surface area contributed by atoms with Gasteiger partial charge in [-0.25, -0.2) is 14.4 Å². The number of nitrogens with one attached hydrogen (secondary N) is 1. The topological polar surface area (TPSA) is 245 Å². The van der Waals surface area contributed by atoms with E-state index in [1.165, 1.54) is 39.8 Å². The number of esters is 3. The number of alkyl carbamates (subject to hydrolysis) is 1. The predicted octanol–water partition coefficient (Wildman–Crippen LogP) is 2.37. The summed E-state index contributed by atoms with van der Waals surface area (Å²) in [4.78, 5) is 69.0. The van der Waals surface area contributed by atoms with Gasteiger partial charge >= 0.3 is 24.0 Å². The monoisotopic (exact) mass is 823 g/mol. The second-order valence-electron chi connectivity index (χ2n) is 17.7. The predicted molar refractivity (Wildman–Crippen MR) is 205 cm³/mol. The molecule has 1 heterocycles. The molecule has 2 aromatic rings. The molecule has 2 saturated carbocycles. The number of carbonyl (C=O) groups is 5. The molecule has 1 saturated heterocycles. The van der Waals surface area contributed by atoms with E-state index in [1.807, 2.05) is 0 Å². The number of fused-ring (bicyclic) bond motifs is 5. The quantitative estimate of drug-likeness (QED) is 0.127. The summed E-state index contributed by atoms with van der Waals surface area (Å²) in [5, 5.41) is 64.3. The van der Waals surface area contributed by atoms with Gasteiger partial charge < -0.3 is 54.5 Å². The third kappa shape index (κ3) is 6.83. The number of amides is 1. The number of aliphatic hydroxyl groups is 5. The van der Waals surface area contributed by atoms with Gasteiger partial charge in [0.15, 0.2) is 23.1 Å². The van der Waals surface area contributed by atoms with Crippen molar-refractivity contribution in [2.75, 3.05) is 6.61 Å². The lowest BCUT2D eigenvalue weighted by Gasteiger charge is -2.71. The van der Waals surface area contributed by atoms with Gasteiger partial charge in [0.2, 0.25) is 0 Å². The van der Waals surface area contributed by atoms with E-state index in [1.54, 1.807) is 69.3 Å². The van der Waals surface area contributed by atoms with Crippen LogP contribution in [0.25, 0.3) is 0 Å². The maximum atomic E-state index is 14.9. The first-order chi connectivity index (χ1) is 27.4. The van der Waals surface area contributed by atoms with Crippen molar-refractivity contribution in [3.63, 3.8) is 0 Å². The van der Waals surface area contributed by atoms with Crippen molar-refractivity contribution in [2.45, 2.75) is 133 Å². The molecule has 0 radical (unpaired) electrons. The average molecular weight is 824 g/mol. The highest BCUT2D eigenvalue weighted by Gasteiger charge is 2.85. The Hall–Kier alpha value is -4.71. The van der Waals surface area contributed by atoms with Crippen LogP contribution in [-0.4, -0.2) is 121 Å². The first-order valence-corrected chi connectivity index (χ1v) is 19.4. The van der Waals surface area contributed by atoms with Gasteiger partial charge in [0.25, 0.3) is 0 Å². The molecule has 6 rings (SSSR count). The molecule has 2 aromatic carbocycles. The third-order valence-corrected chi connectivity index (χ3v) is 12.8. The lowest BCUT2D eigenvalue weighted by Crippen LogP contribution is -2.89. The number of carbonyl (C=O) groups excluding carboxylic acids is 5. The van der Waals surface area contributed by atoms with Crippen LogP contribution in [-0.2, 0) is 38.1 Å². The molecule has 0 unspecified atom stereocenters. The van der Waals surface area contributed by atoms with Crippen LogP contribution >= 0.6 is 0 Å². The summed E-state index contributed by atoms with van der Waals surface area (Å²) in [5.74, 6) is -4.59. The Kier molecular flexibility index (Phi) is 11.2. The molecule has 16 nitrogen and oxygen atoms in total. The summed E-state index contributed by atoms with van der Waals surface area (Å²) in [6.45, 7) is 11.1. The number of ether oxygens (including phenoxy) is 5. The summed E-state index contributed by atoms with van der Waals surface area (Å²) in [5.41, 5.74) is -12.7. The molecule has 0 aromatic heterocycles. The number of hydrogen-bond donors (Lipinski definition) is 6. The lowest BCUT2D eigenvalue weighted by atomic mass is 9.41. The van der Waals surface area contributed by atoms with Gasteiger partial charge in [-0.15, -0.1) is 0 Å². The molecule has 4 aliphatic rings. The number of rotatable bonds is 8. The maximum absolute atomic E-state index is 14.9. The minimum Gasteiger partial charge on any atom is -0.456 e. The molecule has 0 spiro atoms. The van der Waals surface area contributed by atoms with Crippen LogP contribution in [0.4, 0.5) is 4.79 Å². The van der Waals surface area contributed by atoms with Crippen LogP contribution in [0.3, 0.4) is 0 Å². The molecule has 1 aliphatic heterocycles. The molecule has 59 heavy (non-hydrogen) atoms. The Labute approximate surface area is 341 Å². The molecular formula is C43H53NO15. The second kappa shape index (κ2) is 15.1. The normalized spacial score (nSPS) is 34.6. The molecule has 6 N–H and O–H groups in total. The highest BCUT2D eigenvalue weighted by Crippen LogP contribution is 2.67. The van der Waals surface area contributed by atoms with Crippen LogP contribution in [0.1, 0.15) is 90.2 Å². The third-order valence-electron chi connectivity index (χ3n) is 12.8. The van der Waals surface area contributed by atoms with Gasteiger partial charge in [-0.3, -0.25) is 9.59 Å². The van der Waals surface area contributed by atoms with Gasteiger partial charge in [-0.2, -0.15) is 0 Å². The van der Waals surface area contributed by atoms with E-state index < -0.39 is 125 Å². The van der Waals surface area contributed by atoms with E-state index >= 15 is 0 Å². The van der Waals surface area contributed by atoms with E-state index in [2.05, 4.69) is 5.32 Å². The van der Waals surface area contributed by atoms with Crippen molar-refractivity contribution in [3.05, 3.63) is 82.9 Å².